The molecule has 1 aliphatic heterocycles. The molecule has 234 valence electrons. The summed E-state index contributed by atoms with van der Waals surface area (Å²) in [5.74, 6) is -0.613. The summed E-state index contributed by atoms with van der Waals surface area (Å²) in [6, 6.07) is 18.6. The highest BCUT2D eigenvalue weighted by atomic mass is 28.4. The summed E-state index contributed by atoms with van der Waals surface area (Å²) in [6.07, 6.45) is 1.50. The van der Waals surface area contributed by atoms with E-state index in [1.54, 1.807) is 6.92 Å². The maximum atomic E-state index is 14.0. The van der Waals surface area contributed by atoms with Gasteiger partial charge in [-0.2, -0.15) is 0 Å². The molecule has 0 saturated carbocycles. The van der Waals surface area contributed by atoms with E-state index in [9.17, 15) is 14.7 Å². The Morgan fingerprint density at radius 2 is 1.63 bits per heavy atom. The average molecular weight is 608 g/mol. The topological polar surface area (TPSA) is 85.3 Å². The molecule has 0 aromatic heterocycles. The van der Waals surface area contributed by atoms with Gasteiger partial charge in [0.25, 0.3) is 5.91 Å². The summed E-state index contributed by atoms with van der Waals surface area (Å²) < 4.78 is 18.2. The Labute approximate surface area is 258 Å². The van der Waals surface area contributed by atoms with Crippen molar-refractivity contribution in [2.24, 2.45) is 0 Å². The van der Waals surface area contributed by atoms with E-state index in [1.807, 2.05) is 73.7 Å². The van der Waals surface area contributed by atoms with Gasteiger partial charge in [-0.3, -0.25) is 4.79 Å². The van der Waals surface area contributed by atoms with Gasteiger partial charge in [0.05, 0.1) is 18.8 Å². The minimum Gasteiger partial charge on any atom is -0.447 e. The van der Waals surface area contributed by atoms with Crippen LogP contribution in [0.25, 0.3) is 0 Å². The number of ether oxygens (including phenoxy) is 2. The summed E-state index contributed by atoms with van der Waals surface area (Å²) in [4.78, 5) is 28.0. The number of carbonyl (C=O) groups excluding carboxylic acids is 2. The van der Waals surface area contributed by atoms with Gasteiger partial charge in [-0.1, -0.05) is 93.6 Å². The lowest BCUT2D eigenvalue weighted by Gasteiger charge is -2.39. The van der Waals surface area contributed by atoms with Crippen molar-refractivity contribution in [2.45, 2.75) is 103 Å². The number of benzene rings is 2. The van der Waals surface area contributed by atoms with E-state index in [1.165, 1.54) is 0 Å². The number of amides is 2. The van der Waals surface area contributed by atoms with Crippen molar-refractivity contribution in [1.82, 2.24) is 4.90 Å². The van der Waals surface area contributed by atoms with Crippen molar-refractivity contribution in [1.29, 1.82) is 0 Å². The number of imide groups is 1. The molecule has 3 rings (SSSR count). The van der Waals surface area contributed by atoms with Crippen LogP contribution in [-0.4, -0.2) is 61.3 Å². The fourth-order valence-corrected chi connectivity index (χ4v) is 6.01. The molecule has 1 heterocycles. The zero-order chi connectivity index (χ0) is 31.8. The number of carbonyl (C=O) groups is 2. The van der Waals surface area contributed by atoms with Crippen molar-refractivity contribution in [2.75, 3.05) is 6.61 Å². The number of aliphatic hydroxyl groups is 1. The highest BCUT2D eigenvalue weighted by molar-refractivity contribution is 6.74. The fourth-order valence-electron chi connectivity index (χ4n) is 4.66. The molecule has 2 amide bonds. The Morgan fingerprint density at radius 1 is 1.05 bits per heavy atom. The second-order valence-electron chi connectivity index (χ2n) is 12.9. The first-order valence-electron chi connectivity index (χ1n) is 15.1. The first-order valence-corrected chi connectivity index (χ1v) is 18.0. The number of nitrogens with zero attached hydrogens (tertiary/aromatic N) is 1. The van der Waals surface area contributed by atoms with E-state index in [2.05, 4.69) is 46.9 Å². The Kier molecular flexibility index (Phi) is 12.1. The summed E-state index contributed by atoms with van der Waals surface area (Å²) >= 11 is 0. The molecule has 0 bridgehead atoms. The van der Waals surface area contributed by atoms with Gasteiger partial charge in [0.1, 0.15) is 12.7 Å². The van der Waals surface area contributed by atoms with Gasteiger partial charge in [0.15, 0.2) is 14.4 Å². The van der Waals surface area contributed by atoms with Gasteiger partial charge in [0, 0.05) is 0 Å². The van der Waals surface area contributed by atoms with Crippen molar-refractivity contribution in [3.63, 3.8) is 0 Å². The number of hydrogen-bond donors (Lipinski definition) is 1. The Bertz CT molecular complexity index is 1270. The third kappa shape index (κ3) is 9.22. The van der Waals surface area contributed by atoms with Crippen molar-refractivity contribution in [3.8, 4) is 0 Å². The Morgan fingerprint density at radius 3 is 2.19 bits per heavy atom. The molecule has 1 fully saturated rings. The minimum absolute atomic E-state index is 0.0426. The van der Waals surface area contributed by atoms with Crippen LogP contribution in [0, 0.1) is 0 Å². The van der Waals surface area contributed by atoms with Crippen LogP contribution in [0.1, 0.15) is 59.1 Å². The van der Waals surface area contributed by atoms with E-state index in [0.29, 0.717) is 18.4 Å². The highest BCUT2D eigenvalue weighted by Crippen LogP contribution is 2.38. The molecule has 8 heteroatoms. The SMILES string of the molecule is CC=C(C)[C@@H](CC=C(C)[C@@H](O)[C@H](OCc1ccccc1)C(=O)N1C(=O)OC[C@@H]1Cc1ccccc1)O[Si](C)(C)C(C)(C)C. The van der Waals surface area contributed by atoms with Gasteiger partial charge in [-0.05, 0) is 74.0 Å². The quantitative estimate of drug-likeness (QED) is 0.191. The summed E-state index contributed by atoms with van der Waals surface area (Å²) in [6.45, 7) is 17.1. The number of cyclic esters (lactones) is 1. The summed E-state index contributed by atoms with van der Waals surface area (Å²) in [5, 5.41) is 11.6. The zero-order valence-corrected chi connectivity index (χ0v) is 28.0. The third-order valence-electron chi connectivity index (χ3n) is 8.64. The molecule has 0 spiro atoms. The molecular weight excluding hydrogens is 558 g/mol. The van der Waals surface area contributed by atoms with E-state index in [-0.39, 0.29) is 24.4 Å². The van der Waals surface area contributed by atoms with E-state index >= 15 is 0 Å². The van der Waals surface area contributed by atoms with Crippen LogP contribution in [-0.2, 0) is 31.7 Å². The molecular formula is C35H49NO6Si. The predicted octanol–water partition coefficient (Wildman–Crippen LogP) is 7.22. The molecule has 4 atom stereocenters. The van der Waals surface area contributed by atoms with Crippen molar-refractivity contribution in [3.05, 3.63) is 95.1 Å². The maximum absolute atomic E-state index is 14.0. The van der Waals surface area contributed by atoms with Crippen molar-refractivity contribution >= 4 is 20.3 Å². The molecule has 2 aromatic rings. The smallest absolute Gasteiger partial charge is 0.417 e. The van der Waals surface area contributed by atoms with Gasteiger partial charge in [-0.25, -0.2) is 9.69 Å². The normalized spacial score (nSPS) is 18.8. The predicted molar refractivity (Wildman–Crippen MR) is 173 cm³/mol. The largest absolute Gasteiger partial charge is 0.447 e. The second-order valence-corrected chi connectivity index (χ2v) is 17.6. The number of hydrogen-bond acceptors (Lipinski definition) is 6. The van der Waals surface area contributed by atoms with Gasteiger partial charge < -0.3 is 19.0 Å². The molecule has 1 saturated heterocycles. The van der Waals surface area contributed by atoms with E-state index in [4.69, 9.17) is 13.9 Å². The van der Waals surface area contributed by atoms with Gasteiger partial charge >= 0.3 is 6.09 Å². The van der Waals surface area contributed by atoms with Gasteiger partial charge in [-0.15, -0.1) is 0 Å². The molecule has 1 N–H and O–H groups in total. The first-order chi connectivity index (χ1) is 20.2. The highest BCUT2D eigenvalue weighted by Gasteiger charge is 2.44. The van der Waals surface area contributed by atoms with Crippen molar-refractivity contribution < 1.29 is 28.6 Å². The van der Waals surface area contributed by atoms with Crippen LogP contribution in [0.5, 0.6) is 0 Å². The lowest BCUT2D eigenvalue weighted by molar-refractivity contribution is -0.149. The molecule has 2 aromatic carbocycles. The Hall–Kier alpha value is -3.04. The second kappa shape index (κ2) is 15.1. The molecule has 7 nitrogen and oxygen atoms in total. The van der Waals surface area contributed by atoms with E-state index < -0.39 is 38.6 Å². The fraction of sp³-hybridized carbons (Fsp3) is 0.486. The summed E-state index contributed by atoms with van der Waals surface area (Å²) in [5.41, 5.74) is 3.52. The molecule has 43 heavy (non-hydrogen) atoms. The van der Waals surface area contributed by atoms with E-state index in [0.717, 1.165) is 21.6 Å². The van der Waals surface area contributed by atoms with Crippen LogP contribution in [0.3, 0.4) is 0 Å². The molecule has 0 radical (unpaired) electrons. The number of rotatable bonds is 13. The Balaban J connectivity index is 1.87. The maximum Gasteiger partial charge on any atom is 0.417 e. The minimum atomic E-state index is -2.07. The average Bonchev–Trinajstić information content (AvgIpc) is 3.34. The zero-order valence-electron chi connectivity index (χ0n) is 27.0. The number of aliphatic hydroxyl groups excluding tert-OH is 1. The van der Waals surface area contributed by atoms with Crippen LogP contribution in [0.4, 0.5) is 4.79 Å². The van der Waals surface area contributed by atoms with Crippen LogP contribution in [0.15, 0.2) is 84.0 Å². The lowest BCUT2D eigenvalue weighted by atomic mass is 9.99. The van der Waals surface area contributed by atoms with Crippen LogP contribution < -0.4 is 0 Å². The third-order valence-corrected chi connectivity index (χ3v) is 13.1. The van der Waals surface area contributed by atoms with Crippen LogP contribution in [0.2, 0.25) is 18.1 Å². The lowest BCUT2D eigenvalue weighted by Crippen LogP contribution is -2.50. The first kappa shape index (κ1) is 34.4. The summed E-state index contributed by atoms with van der Waals surface area (Å²) in [7, 11) is -2.07. The monoisotopic (exact) mass is 607 g/mol. The molecule has 0 unspecified atom stereocenters. The molecule has 1 aliphatic rings. The number of allylic oxidation sites excluding steroid dienone is 1. The standard InChI is InChI=1S/C35H49NO6Si/c1-9-25(2)30(42-43(7,8)35(4,5)6)21-20-26(3)31(37)32(40-23-28-18-14-11-15-19-28)33(38)36-29(24-41-34(36)39)22-27-16-12-10-13-17-27/h9-20,29-32,37H,21-24H2,1-8H3/t29-,30+,31+,32-/m0/s1. The molecule has 0 aliphatic carbocycles. The van der Waals surface area contributed by atoms with Crippen LogP contribution >= 0.6 is 0 Å². The van der Waals surface area contributed by atoms with Gasteiger partial charge in [0.2, 0.25) is 0 Å².